The number of halogens is 1. The Morgan fingerprint density at radius 2 is 1.77 bits per heavy atom. The van der Waals surface area contributed by atoms with Gasteiger partial charge < -0.3 is 15.0 Å². The van der Waals surface area contributed by atoms with Crippen molar-refractivity contribution in [2.24, 2.45) is 5.92 Å². The van der Waals surface area contributed by atoms with Crippen LogP contribution in [-0.4, -0.2) is 68.5 Å². The van der Waals surface area contributed by atoms with Gasteiger partial charge in [-0.1, -0.05) is 13.8 Å². The fourth-order valence-corrected chi connectivity index (χ4v) is 5.52. The first-order valence-corrected chi connectivity index (χ1v) is 14.0. The molecule has 0 atom stereocenters. The van der Waals surface area contributed by atoms with Crippen LogP contribution in [0.15, 0.2) is 51.8 Å². The van der Waals surface area contributed by atoms with Gasteiger partial charge in [0.2, 0.25) is 10.0 Å². The molecule has 35 heavy (non-hydrogen) atoms. The van der Waals surface area contributed by atoms with E-state index in [9.17, 15) is 13.2 Å². The normalized spacial score (nSPS) is 15.1. The standard InChI is InChI=1S/C24H31BrN4O4S2/c1-17(2)10-15-33-22-9-4-18(16-21(22)25)23(30)27-24(34)26-19-5-7-20(8-6-19)35(31,32)29-13-11-28(3)12-14-29/h4-9,16-17H,10-15H2,1-3H3,(H2,26,27,30,34). The average Bonchev–Trinajstić information content (AvgIpc) is 2.80. The number of hydrogen-bond acceptors (Lipinski definition) is 6. The van der Waals surface area contributed by atoms with Crippen LogP contribution in [0.2, 0.25) is 0 Å². The Kier molecular flexibility index (Phi) is 9.65. The lowest BCUT2D eigenvalue weighted by Crippen LogP contribution is -2.46. The molecule has 1 heterocycles. The molecule has 2 aromatic carbocycles. The molecule has 2 N–H and O–H groups in total. The highest BCUT2D eigenvalue weighted by molar-refractivity contribution is 9.10. The molecule has 1 amide bonds. The predicted octanol–water partition coefficient (Wildman–Crippen LogP) is 3.94. The Labute approximate surface area is 221 Å². The van der Waals surface area contributed by atoms with E-state index in [2.05, 4.69) is 45.3 Å². The molecule has 190 valence electrons. The lowest BCUT2D eigenvalue weighted by atomic mass is 10.1. The summed E-state index contributed by atoms with van der Waals surface area (Å²) in [6.07, 6.45) is 0.942. The number of nitrogens with one attached hydrogen (secondary N) is 2. The second-order valence-corrected chi connectivity index (χ2v) is 12.0. The summed E-state index contributed by atoms with van der Waals surface area (Å²) in [6.45, 7) is 7.22. The fraction of sp³-hybridized carbons (Fsp3) is 0.417. The quantitative estimate of drug-likeness (QED) is 0.455. The molecule has 0 aliphatic carbocycles. The maximum absolute atomic E-state index is 12.9. The molecule has 0 unspecified atom stereocenters. The number of benzene rings is 2. The minimum absolute atomic E-state index is 0.109. The molecule has 0 aromatic heterocycles. The molecule has 1 aliphatic rings. The van der Waals surface area contributed by atoms with E-state index in [1.807, 2.05) is 7.05 Å². The van der Waals surface area contributed by atoms with Crippen molar-refractivity contribution in [2.75, 3.05) is 45.2 Å². The third kappa shape index (κ3) is 7.71. The molecule has 0 saturated carbocycles. The van der Waals surface area contributed by atoms with Crippen LogP contribution in [-0.2, 0) is 10.0 Å². The van der Waals surface area contributed by atoms with Gasteiger partial charge in [-0.2, -0.15) is 4.31 Å². The summed E-state index contributed by atoms with van der Waals surface area (Å²) in [5, 5.41) is 5.67. The minimum atomic E-state index is -3.54. The van der Waals surface area contributed by atoms with Gasteiger partial charge in [0.05, 0.1) is 16.0 Å². The van der Waals surface area contributed by atoms with E-state index >= 15 is 0 Å². The minimum Gasteiger partial charge on any atom is -0.492 e. The van der Waals surface area contributed by atoms with Crippen molar-refractivity contribution in [2.45, 2.75) is 25.2 Å². The number of ether oxygens (including phenoxy) is 1. The number of carbonyl (C=O) groups excluding carboxylic acids is 1. The van der Waals surface area contributed by atoms with Gasteiger partial charge in [0.25, 0.3) is 5.91 Å². The molecular weight excluding hydrogens is 552 g/mol. The summed E-state index contributed by atoms with van der Waals surface area (Å²) in [6, 6.07) is 11.4. The second kappa shape index (κ2) is 12.3. The van der Waals surface area contributed by atoms with E-state index < -0.39 is 10.0 Å². The topological polar surface area (TPSA) is 91.0 Å². The molecule has 1 fully saturated rings. The maximum atomic E-state index is 12.9. The van der Waals surface area contributed by atoms with Crippen molar-refractivity contribution >= 4 is 54.9 Å². The molecule has 2 aromatic rings. The zero-order valence-corrected chi connectivity index (χ0v) is 23.3. The Balaban J connectivity index is 1.55. The van der Waals surface area contributed by atoms with Crippen molar-refractivity contribution in [3.05, 3.63) is 52.5 Å². The van der Waals surface area contributed by atoms with Crippen molar-refractivity contribution < 1.29 is 17.9 Å². The number of sulfonamides is 1. The number of rotatable bonds is 8. The zero-order valence-electron chi connectivity index (χ0n) is 20.1. The van der Waals surface area contributed by atoms with Gasteiger partial charge in [0, 0.05) is 37.4 Å². The van der Waals surface area contributed by atoms with E-state index in [1.54, 1.807) is 30.3 Å². The number of carbonyl (C=O) groups is 1. The van der Waals surface area contributed by atoms with Gasteiger partial charge in [0.1, 0.15) is 5.75 Å². The Hall–Kier alpha value is -2.05. The molecule has 0 radical (unpaired) electrons. The van der Waals surface area contributed by atoms with E-state index in [0.717, 1.165) is 6.42 Å². The third-order valence-corrected chi connectivity index (χ3v) is 8.32. The van der Waals surface area contributed by atoms with Gasteiger partial charge >= 0.3 is 0 Å². The molecule has 11 heteroatoms. The lowest BCUT2D eigenvalue weighted by molar-refractivity contribution is 0.0977. The predicted molar refractivity (Wildman–Crippen MR) is 145 cm³/mol. The van der Waals surface area contributed by atoms with Crippen LogP contribution in [0.5, 0.6) is 5.75 Å². The Morgan fingerprint density at radius 3 is 2.37 bits per heavy atom. The summed E-state index contributed by atoms with van der Waals surface area (Å²) in [7, 11) is -1.57. The third-order valence-electron chi connectivity index (χ3n) is 5.59. The van der Waals surface area contributed by atoms with Crippen molar-refractivity contribution in [3.63, 3.8) is 0 Å². The number of nitrogens with zero attached hydrogens (tertiary/aromatic N) is 2. The first-order valence-electron chi connectivity index (χ1n) is 11.4. The van der Waals surface area contributed by atoms with Crippen LogP contribution in [0, 0.1) is 5.92 Å². The fourth-order valence-electron chi connectivity index (χ4n) is 3.39. The van der Waals surface area contributed by atoms with Gasteiger partial charge in [-0.05, 0) is 90.0 Å². The Bertz CT molecular complexity index is 1150. The summed E-state index contributed by atoms with van der Waals surface area (Å²) >= 11 is 8.71. The van der Waals surface area contributed by atoms with Crippen LogP contribution in [0.1, 0.15) is 30.6 Å². The number of thiocarbonyl (C=S) groups is 1. The zero-order chi connectivity index (χ0) is 25.6. The van der Waals surface area contributed by atoms with Crippen molar-refractivity contribution in [1.82, 2.24) is 14.5 Å². The monoisotopic (exact) mass is 582 g/mol. The van der Waals surface area contributed by atoms with Gasteiger partial charge in [-0.3, -0.25) is 10.1 Å². The highest BCUT2D eigenvalue weighted by Crippen LogP contribution is 2.26. The lowest BCUT2D eigenvalue weighted by Gasteiger charge is -2.31. The maximum Gasteiger partial charge on any atom is 0.257 e. The molecule has 0 spiro atoms. The van der Waals surface area contributed by atoms with Crippen molar-refractivity contribution in [1.29, 1.82) is 0 Å². The van der Waals surface area contributed by atoms with E-state index in [4.69, 9.17) is 17.0 Å². The van der Waals surface area contributed by atoms with E-state index in [0.29, 0.717) is 60.2 Å². The first-order chi connectivity index (χ1) is 16.6. The van der Waals surface area contributed by atoms with Crippen LogP contribution in [0.4, 0.5) is 5.69 Å². The molecule has 3 rings (SSSR count). The van der Waals surface area contributed by atoms with E-state index in [1.165, 1.54) is 16.4 Å². The van der Waals surface area contributed by atoms with Gasteiger partial charge in [-0.25, -0.2) is 8.42 Å². The molecular formula is C24H31BrN4O4S2. The van der Waals surface area contributed by atoms with Crippen LogP contribution in [0.25, 0.3) is 0 Å². The van der Waals surface area contributed by atoms with Crippen LogP contribution < -0.4 is 15.4 Å². The molecule has 0 bridgehead atoms. The SMILES string of the molecule is CC(C)CCOc1ccc(C(=O)NC(=S)Nc2ccc(S(=O)(=O)N3CCN(C)CC3)cc2)cc1Br. The summed E-state index contributed by atoms with van der Waals surface area (Å²) in [5.74, 6) is 0.852. The van der Waals surface area contributed by atoms with Crippen LogP contribution >= 0.6 is 28.1 Å². The highest BCUT2D eigenvalue weighted by Gasteiger charge is 2.27. The van der Waals surface area contributed by atoms with E-state index in [-0.39, 0.29) is 15.9 Å². The second-order valence-electron chi connectivity index (χ2n) is 8.82. The summed E-state index contributed by atoms with van der Waals surface area (Å²) in [5.41, 5.74) is 0.994. The highest BCUT2D eigenvalue weighted by atomic mass is 79.9. The number of likely N-dealkylation sites (N-methyl/N-ethyl adjacent to an activating group) is 1. The number of amides is 1. The van der Waals surface area contributed by atoms with Crippen molar-refractivity contribution in [3.8, 4) is 5.75 Å². The molecule has 1 aliphatic heterocycles. The average molecular weight is 584 g/mol. The van der Waals surface area contributed by atoms with Crippen LogP contribution in [0.3, 0.4) is 0 Å². The largest absolute Gasteiger partial charge is 0.492 e. The first kappa shape index (κ1) is 27.5. The summed E-state index contributed by atoms with van der Waals surface area (Å²) < 4.78 is 33.7. The summed E-state index contributed by atoms with van der Waals surface area (Å²) in [4.78, 5) is 14.9. The molecule has 8 nitrogen and oxygen atoms in total. The molecule has 1 saturated heterocycles. The number of piperazine rings is 1. The van der Waals surface area contributed by atoms with Gasteiger partial charge in [0.15, 0.2) is 5.11 Å². The Morgan fingerprint density at radius 1 is 1.11 bits per heavy atom. The van der Waals surface area contributed by atoms with Gasteiger partial charge in [-0.15, -0.1) is 0 Å². The number of anilines is 1. The number of hydrogen-bond donors (Lipinski definition) is 2. The smallest absolute Gasteiger partial charge is 0.257 e.